The fraction of sp³-hybridized carbons (Fsp3) is 1.00. The van der Waals surface area contributed by atoms with Gasteiger partial charge in [0.15, 0.2) is 0 Å². The largest absolute Gasteiger partial charge is 0.522 e. The van der Waals surface area contributed by atoms with Crippen molar-refractivity contribution in [3.05, 3.63) is 0 Å². The van der Waals surface area contributed by atoms with Crippen molar-refractivity contribution in [3.8, 4) is 0 Å². The van der Waals surface area contributed by atoms with Crippen LogP contribution in [0.1, 0.15) is 99.8 Å². The maximum atomic E-state index is 13.3. The number of rotatable bonds is 15. The maximum absolute atomic E-state index is 13.3. The van der Waals surface area contributed by atoms with Gasteiger partial charge in [-0.25, -0.2) is 0 Å². The molecule has 30 heavy (non-hydrogen) atoms. The van der Waals surface area contributed by atoms with E-state index >= 15 is 0 Å². The molecule has 0 aromatic heterocycles. The van der Waals surface area contributed by atoms with E-state index in [0.717, 1.165) is 51.4 Å². The van der Waals surface area contributed by atoms with E-state index in [-0.39, 0.29) is 17.3 Å². The van der Waals surface area contributed by atoms with E-state index in [4.69, 9.17) is 3.87 Å². The van der Waals surface area contributed by atoms with Crippen molar-refractivity contribution in [3.63, 3.8) is 0 Å². The monoisotopic (exact) mass is 474 g/mol. The second-order valence-corrected chi connectivity index (χ2v) is 15.7. The van der Waals surface area contributed by atoms with Gasteiger partial charge in [-0.2, -0.15) is 21.6 Å². The SMILES string of the molecule is CCCCC(CC)C[Si](CC(CC)CCCC)(CC(C)(C)C)OS(=O)(=O)C(F)(F)F. The highest BCUT2D eigenvalue weighted by atomic mass is 32.2. The lowest BCUT2D eigenvalue weighted by molar-refractivity contribution is -0.0505. The van der Waals surface area contributed by atoms with Crippen LogP contribution in [0.15, 0.2) is 0 Å². The Kier molecular flexibility index (Phi) is 12.8. The Hall–Kier alpha value is -0.0831. The van der Waals surface area contributed by atoms with Crippen LogP contribution >= 0.6 is 0 Å². The van der Waals surface area contributed by atoms with Gasteiger partial charge in [0, 0.05) is 0 Å². The Bertz CT molecular complexity index is 553. The molecule has 0 saturated heterocycles. The highest BCUT2D eigenvalue weighted by Gasteiger charge is 2.54. The van der Waals surface area contributed by atoms with Gasteiger partial charge in [-0.15, -0.1) is 0 Å². The van der Waals surface area contributed by atoms with Crippen molar-refractivity contribution in [2.45, 2.75) is 123 Å². The summed E-state index contributed by atoms with van der Waals surface area (Å²) >= 11 is 0. The Labute approximate surface area is 184 Å². The van der Waals surface area contributed by atoms with Gasteiger partial charge in [0.1, 0.15) is 0 Å². The zero-order chi connectivity index (χ0) is 23.6. The lowest BCUT2D eigenvalue weighted by Gasteiger charge is -2.40. The predicted molar refractivity (Wildman–Crippen MR) is 122 cm³/mol. The summed E-state index contributed by atoms with van der Waals surface area (Å²) in [5.41, 5.74) is -5.68. The molecule has 0 saturated carbocycles. The average molecular weight is 475 g/mol. The standard InChI is InChI=1S/C22H45F3O3SSi/c1-8-12-14-19(10-3)16-30(18-21(5,6)7,17-20(11-4)15-13-9-2)28-29(26,27)22(23,24)25/h19-20H,8-18H2,1-7H3. The van der Waals surface area contributed by atoms with Crippen molar-refractivity contribution in [2.24, 2.45) is 17.3 Å². The lowest BCUT2D eigenvalue weighted by atomic mass is 10.00. The van der Waals surface area contributed by atoms with Crippen LogP contribution in [0.25, 0.3) is 0 Å². The summed E-state index contributed by atoms with van der Waals surface area (Å²) in [6, 6.07) is 1.39. The zero-order valence-corrected chi connectivity index (χ0v) is 22.0. The molecule has 0 radical (unpaired) electrons. The average Bonchev–Trinajstić information content (AvgIpc) is 2.59. The molecule has 2 unspecified atom stereocenters. The summed E-state index contributed by atoms with van der Waals surface area (Å²) in [5, 5.41) is 0. The van der Waals surface area contributed by atoms with E-state index < -0.39 is 23.9 Å². The highest BCUT2D eigenvalue weighted by Crippen LogP contribution is 2.43. The van der Waals surface area contributed by atoms with E-state index in [2.05, 4.69) is 13.8 Å². The summed E-state index contributed by atoms with van der Waals surface area (Å²) in [4.78, 5) is 0. The van der Waals surface area contributed by atoms with E-state index in [0.29, 0.717) is 18.1 Å². The lowest BCUT2D eigenvalue weighted by Crippen LogP contribution is -2.48. The fourth-order valence-corrected chi connectivity index (χ4v) is 13.0. The first-order valence-electron chi connectivity index (χ1n) is 11.7. The fourth-order valence-electron chi connectivity index (χ4n) is 4.51. The van der Waals surface area contributed by atoms with E-state index in [9.17, 15) is 21.6 Å². The molecule has 0 aromatic rings. The number of alkyl halides is 3. The van der Waals surface area contributed by atoms with Gasteiger partial charge < -0.3 is 3.87 Å². The van der Waals surface area contributed by atoms with Gasteiger partial charge in [0.05, 0.1) is 0 Å². The van der Waals surface area contributed by atoms with Crippen LogP contribution in [-0.2, 0) is 14.0 Å². The van der Waals surface area contributed by atoms with E-state index in [1.165, 1.54) is 0 Å². The van der Waals surface area contributed by atoms with Crippen LogP contribution < -0.4 is 0 Å². The van der Waals surface area contributed by atoms with Gasteiger partial charge in [-0.3, -0.25) is 0 Å². The van der Waals surface area contributed by atoms with Crippen LogP contribution in [-0.4, -0.2) is 22.2 Å². The topological polar surface area (TPSA) is 43.4 Å². The number of halogens is 3. The molecular weight excluding hydrogens is 429 g/mol. The molecule has 0 N–H and O–H groups in total. The summed E-state index contributed by atoms with van der Waals surface area (Å²) in [6.45, 7) is 14.2. The Morgan fingerprint density at radius 2 is 1.23 bits per heavy atom. The second kappa shape index (κ2) is 12.8. The summed E-state index contributed by atoms with van der Waals surface area (Å²) in [6.07, 6.45) is 7.51. The molecule has 0 aliphatic heterocycles. The van der Waals surface area contributed by atoms with Gasteiger partial charge in [0.25, 0.3) is 0 Å². The number of hydrogen-bond donors (Lipinski definition) is 0. The smallest absolute Gasteiger partial charge is 0.308 e. The van der Waals surface area contributed by atoms with Gasteiger partial charge in [-0.05, 0) is 35.4 Å². The second-order valence-electron chi connectivity index (χ2n) is 10.1. The molecule has 0 aliphatic carbocycles. The van der Waals surface area contributed by atoms with Gasteiger partial charge >= 0.3 is 15.6 Å². The number of hydrogen-bond acceptors (Lipinski definition) is 3. The first-order valence-corrected chi connectivity index (χ1v) is 15.6. The van der Waals surface area contributed by atoms with Crippen molar-refractivity contribution < 1.29 is 25.5 Å². The highest BCUT2D eigenvalue weighted by molar-refractivity contribution is 7.88. The quantitative estimate of drug-likeness (QED) is 0.177. The van der Waals surface area contributed by atoms with E-state index in [1.54, 1.807) is 0 Å². The minimum Gasteiger partial charge on any atom is -0.308 e. The van der Waals surface area contributed by atoms with Crippen molar-refractivity contribution in [1.82, 2.24) is 0 Å². The molecular formula is C22H45F3O3SSi. The Morgan fingerprint density at radius 1 is 0.833 bits per heavy atom. The normalized spacial score (nSPS) is 17.5. The van der Waals surface area contributed by atoms with Crippen LogP contribution in [0.4, 0.5) is 13.2 Å². The minimum atomic E-state index is -5.61. The first-order chi connectivity index (χ1) is 13.6. The summed E-state index contributed by atoms with van der Waals surface area (Å²) in [5.74, 6) is 0.400. The molecule has 0 aliphatic rings. The molecule has 0 amide bonds. The third-order valence-electron chi connectivity index (χ3n) is 5.83. The molecule has 182 valence electrons. The Balaban J connectivity index is 6.23. The molecule has 0 heterocycles. The molecule has 3 nitrogen and oxygen atoms in total. The van der Waals surface area contributed by atoms with Crippen LogP contribution in [0.5, 0.6) is 0 Å². The number of unbranched alkanes of at least 4 members (excludes halogenated alkanes) is 2. The van der Waals surface area contributed by atoms with Crippen LogP contribution in [0.2, 0.25) is 18.1 Å². The third kappa shape index (κ3) is 11.0. The van der Waals surface area contributed by atoms with E-state index in [1.807, 2.05) is 34.6 Å². The Morgan fingerprint density at radius 3 is 1.50 bits per heavy atom. The molecule has 0 spiro atoms. The zero-order valence-electron chi connectivity index (χ0n) is 20.2. The summed E-state index contributed by atoms with van der Waals surface area (Å²) in [7, 11) is -8.87. The minimum absolute atomic E-state index is 0.200. The molecule has 0 rings (SSSR count). The van der Waals surface area contributed by atoms with Crippen LogP contribution in [0.3, 0.4) is 0 Å². The molecule has 0 bridgehead atoms. The maximum Gasteiger partial charge on any atom is 0.522 e. The first kappa shape index (κ1) is 29.9. The summed E-state index contributed by atoms with van der Waals surface area (Å²) < 4.78 is 69.8. The molecule has 0 fully saturated rings. The van der Waals surface area contributed by atoms with Crippen LogP contribution in [0, 0.1) is 17.3 Å². The van der Waals surface area contributed by atoms with Crippen molar-refractivity contribution in [2.75, 3.05) is 0 Å². The molecule has 0 aromatic carbocycles. The van der Waals surface area contributed by atoms with Gasteiger partial charge in [0.2, 0.25) is 8.32 Å². The molecule has 8 heteroatoms. The van der Waals surface area contributed by atoms with Gasteiger partial charge in [-0.1, -0.05) is 99.8 Å². The third-order valence-corrected chi connectivity index (χ3v) is 13.0. The predicted octanol–water partition coefficient (Wildman–Crippen LogP) is 8.28. The van der Waals surface area contributed by atoms with Crippen molar-refractivity contribution >= 4 is 18.4 Å². The molecule has 2 atom stereocenters. The van der Waals surface area contributed by atoms with Crippen molar-refractivity contribution in [1.29, 1.82) is 0 Å².